The molecule has 0 aliphatic rings. The number of carbonyl (C=O) groups is 1. The van der Waals surface area contributed by atoms with Crippen molar-refractivity contribution in [2.75, 3.05) is 11.5 Å². The van der Waals surface area contributed by atoms with Gasteiger partial charge in [0.25, 0.3) is 0 Å². The summed E-state index contributed by atoms with van der Waals surface area (Å²) in [5, 5.41) is -0.927. The summed E-state index contributed by atoms with van der Waals surface area (Å²) in [6, 6.07) is 15.2. The molecule has 0 radical (unpaired) electrons. The molecule has 2 aromatic carbocycles. The fourth-order valence-electron chi connectivity index (χ4n) is 2.14. The Kier molecular flexibility index (Phi) is 5.85. The average Bonchev–Trinajstić information content (AvgIpc) is 2.60. The number of rotatable bonds is 6. The highest BCUT2D eigenvalue weighted by Gasteiger charge is 2.27. The summed E-state index contributed by atoms with van der Waals surface area (Å²) in [7, 11) is -2.20. The highest BCUT2D eigenvalue weighted by atomic mass is 35.5. The van der Waals surface area contributed by atoms with Gasteiger partial charge in [0, 0.05) is 11.8 Å². The third kappa shape index (κ3) is 4.27. The second-order valence-corrected chi connectivity index (χ2v) is 7.90. The minimum Gasteiger partial charge on any atom is -0.465 e. The zero-order valence-electron chi connectivity index (χ0n) is 13.3. The van der Waals surface area contributed by atoms with Crippen molar-refractivity contribution < 1.29 is 17.9 Å². The Morgan fingerprint density at radius 2 is 1.71 bits per heavy atom. The van der Waals surface area contributed by atoms with Crippen LogP contribution in [-0.2, 0) is 20.3 Å². The van der Waals surface area contributed by atoms with E-state index < -0.39 is 21.2 Å². The van der Waals surface area contributed by atoms with Crippen LogP contribution in [-0.4, -0.2) is 26.9 Å². The summed E-state index contributed by atoms with van der Waals surface area (Å²) < 4.78 is 30.8. The van der Waals surface area contributed by atoms with Crippen molar-refractivity contribution in [1.29, 1.82) is 0 Å². The highest BCUT2D eigenvalue weighted by Crippen LogP contribution is 2.24. The van der Waals surface area contributed by atoms with Gasteiger partial charge in [0.15, 0.2) is 9.84 Å². The van der Waals surface area contributed by atoms with E-state index in [0.717, 1.165) is 4.42 Å². The summed E-state index contributed by atoms with van der Waals surface area (Å²) in [6.07, 6.45) is 0. The lowest BCUT2D eigenvalue weighted by Crippen LogP contribution is -2.33. The molecule has 0 aromatic heterocycles. The van der Waals surface area contributed by atoms with Gasteiger partial charge in [0.2, 0.25) is 0 Å². The first-order valence-electron chi connectivity index (χ1n) is 7.24. The number of carbonyl (C=O) groups excluding carboxylic acids is 1. The molecule has 0 fully saturated rings. The van der Waals surface area contributed by atoms with Crippen LogP contribution < -0.4 is 4.42 Å². The molecule has 2 rings (SSSR count). The minimum absolute atomic E-state index is 0.0987. The van der Waals surface area contributed by atoms with Crippen molar-refractivity contribution in [3.63, 3.8) is 0 Å². The van der Waals surface area contributed by atoms with Gasteiger partial charge >= 0.3 is 5.97 Å². The largest absolute Gasteiger partial charge is 0.465 e. The maximum absolute atomic E-state index is 12.5. The van der Waals surface area contributed by atoms with E-state index in [0.29, 0.717) is 16.8 Å². The third-order valence-corrected chi connectivity index (χ3v) is 6.17. The average molecular weight is 368 g/mol. The predicted octanol–water partition coefficient (Wildman–Crippen LogP) is 3.39. The second kappa shape index (κ2) is 7.68. The van der Waals surface area contributed by atoms with Crippen molar-refractivity contribution in [2.45, 2.75) is 18.1 Å². The Hall–Kier alpha value is -2.05. The van der Waals surface area contributed by atoms with E-state index in [-0.39, 0.29) is 5.75 Å². The van der Waals surface area contributed by atoms with E-state index in [1.54, 1.807) is 36.4 Å². The topological polar surface area (TPSA) is 63.7 Å². The Morgan fingerprint density at radius 3 is 2.25 bits per heavy atom. The molecule has 0 saturated carbocycles. The summed E-state index contributed by atoms with van der Waals surface area (Å²) >= 11 is 6.21. The number of esters is 1. The van der Waals surface area contributed by atoms with E-state index in [4.69, 9.17) is 11.8 Å². The molecule has 0 saturated heterocycles. The molecule has 0 spiro atoms. The lowest BCUT2D eigenvalue weighted by atomic mass is 10.2. The molecule has 5 nitrogen and oxygen atoms in total. The lowest BCUT2D eigenvalue weighted by Gasteiger charge is -2.23. The van der Waals surface area contributed by atoms with Crippen LogP contribution in [0.1, 0.15) is 22.8 Å². The fourth-order valence-corrected chi connectivity index (χ4v) is 3.91. The molecule has 24 heavy (non-hydrogen) atoms. The van der Waals surface area contributed by atoms with Gasteiger partial charge in [-0.25, -0.2) is 13.2 Å². The molecule has 7 heteroatoms. The molecule has 0 aliphatic heterocycles. The SMILES string of the molecule is COC(=O)c1ccc(N(Cl)C(C)S(=O)(=O)Cc2ccccc2)cc1. The lowest BCUT2D eigenvalue weighted by molar-refractivity contribution is 0.0600. The maximum atomic E-state index is 12.5. The van der Waals surface area contributed by atoms with Gasteiger partial charge in [0.05, 0.1) is 24.1 Å². The van der Waals surface area contributed by atoms with E-state index in [1.807, 2.05) is 6.07 Å². The first kappa shape index (κ1) is 18.3. The summed E-state index contributed by atoms with van der Waals surface area (Å²) in [4.78, 5) is 11.4. The molecule has 0 N–H and O–H groups in total. The quantitative estimate of drug-likeness (QED) is 0.578. The Labute approximate surface area is 146 Å². The smallest absolute Gasteiger partial charge is 0.337 e. The monoisotopic (exact) mass is 367 g/mol. The molecule has 0 bridgehead atoms. The van der Waals surface area contributed by atoms with Crippen LogP contribution in [0.3, 0.4) is 0 Å². The van der Waals surface area contributed by atoms with Gasteiger partial charge in [0.1, 0.15) is 5.37 Å². The number of sulfone groups is 1. The van der Waals surface area contributed by atoms with Gasteiger partial charge in [-0.3, -0.25) is 4.42 Å². The molecule has 1 unspecified atom stereocenters. The van der Waals surface area contributed by atoms with Crippen molar-refractivity contribution in [3.8, 4) is 0 Å². The number of methoxy groups -OCH3 is 1. The first-order valence-corrected chi connectivity index (χ1v) is 9.29. The molecule has 0 amide bonds. The molecular formula is C17H18ClNO4S. The minimum atomic E-state index is -3.49. The number of ether oxygens (including phenoxy) is 1. The Bertz CT molecular complexity index is 791. The van der Waals surface area contributed by atoms with Gasteiger partial charge in [-0.1, -0.05) is 30.3 Å². The van der Waals surface area contributed by atoms with Gasteiger partial charge in [-0.2, -0.15) is 0 Å². The van der Waals surface area contributed by atoms with E-state index in [1.165, 1.54) is 26.2 Å². The van der Waals surface area contributed by atoms with Gasteiger partial charge in [-0.05, 0) is 36.8 Å². The first-order chi connectivity index (χ1) is 11.3. The second-order valence-electron chi connectivity index (χ2n) is 5.24. The van der Waals surface area contributed by atoms with Crippen molar-refractivity contribution in [3.05, 3.63) is 65.7 Å². The van der Waals surface area contributed by atoms with Gasteiger partial charge in [-0.15, -0.1) is 0 Å². The van der Waals surface area contributed by atoms with Crippen LogP contribution in [0.4, 0.5) is 5.69 Å². The Morgan fingerprint density at radius 1 is 1.12 bits per heavy atom. The van der Waals surface area contributed by atoms with E-state index in [9.17, 15) is 13.2 Å². The van der Waals surface area contributed by atoms with Crippen LogP contribution in [0.5, 0.6) is 0 Å². The van der Waals surface area contributed by atoms with Crippen molar-refractivity contribution >= 4 is 33.3 Å². The molecular weight excluding hydrogens is 350 g/mol. The van der Waals surface area contributed by atoms with Gasteiger partial charge < -0.3 is 4.74 Å². The molecule has 0 heterocycles. The summed E-state index contributed by atoms with van der Waals surface area (Å²) in [5.41, 5.74) is 1.55. The molecule has 2 aromatic rings. The van der Waals surface area contributed by atoms with Crippen LogP contribution >= 0.6 is 11.8 Å². The number of halogens is 1. The summed E-state index contributed by atoms with van der Waals surface area (Å²) in [6.45, 7) is 1.53. The van der Waals surface area contributed by atoms with Crippen LogP contribution in [0.2, 0.25) is 0 Å². The van der Waals surface area contributed by atoms with E-state index >= 15 is 0 Å². The number of hydrogen-bond donors (Lipinski definition) is 0. The van der Waals surface area contributed by atoms with Crippen LogP contribution in [0.25, 0.3) is 0 Å². The highest BCUT2D eigenvalue weighted by molar-refractivity contribution is 7.91. The number of nitrogens with zero attached hydrogens (tertiary/aromatic N) is 1. The molecule has 0 aliphatic carbocycles. The fraction of sp³-hybridized carbons (Fsp3) is 0.235. The number of anilines is 1. The van der Waals surface area contributed by atoms with Crippen molar-refractivity contribution in [2.24, 2.45) is 0 Å². The molecule has 128 valence electrons. The predicted molar refractivity (Wildman–Crippen MR) is 94.6 cm³/mol. The molecule has 1 atom stereocenters. The normalized spacial score (nSPS) is 12.5. The standard InChI is InChI=1S/C17H18ClNO4S/c1-13(24(21,22)12-14-6-4-3-5-7-14)19(18)16-10-8-15(9-11-16)17(20)23-2/h3-11,13H,12H2,1-2H3. The van der Waals surface area contributed by atoms with Crippen LogP contribution in [0.15, 0.2) is 54.6 Å². The van der Waals surface area contributed by atoms with Crippen LogP contribution in [0, 0.1) is 0 Å². The Balaban J connectivity index is 2.16. The zero-order chi connectivity index (χ0) is 17.7. The zero-order valence-corrected chi connectivity index (χ0v) is 14.9. The van der Waals surface area contributed by atoms with E-state index in [2.05, 4.69) is 4.74 Å². The summed E-state index contributed by atoms with van der Waals surface area (Å²) in [5.74, 6) is -0.564. The number of hydrogen-bond acceptors (Lipinski definition) is 5. The maximum Gasteiger partial charge on any atom is 0.337 e. The third-order valence-electron chi connectivity index (χ3n) is 3.58. The number of benzene rings is 2. The van der Waals surface area contributed by atoms with Crippen molar-refractivity contribution in [1.82, 2.24) is 0 Å².